The molecule has 3 aromatic carbocycles. The number of H-pyrrole nitrogens is 1. The number of hydrogen-bond donors (Lipinski definition) is 3. The van der Waals surface area contributed by atoms with E-state index in [1.807, 2.05) is 24.3 Å². The molecule has 0 radical (unpaired) electrons. The van der Waals surface area contributed by atoms with Gasteiger partial charge in [0.1, 0.15) is 11.5 Å². The summed E-state index contributed by atoms with van der Waals surface area (Å²) in [5, 5.41) is 22.4. The number of halogens is 2. The van der Waals surface area contributed by atoms with Crippen LogP contribution >= 0.6 is 23.2 Å². The van der Waals surface area contributed by atoms with E-state index < -0.39 is 17.7 Å². The molecule has 1 aromatic heterocycles. The molecule has 0 aliphatic carbocycles. The van der Waals surface area contributed by atoms with E-state index in [1.54, 1.807) is 18.3 Å². The van der Waals surface area contributed by atoms with Gasteiger partial charge in [-0.2, -0.15) is 0 Å². The smallest absolute Gasteiger partial charge is 0.300 e. The minimum atomic E-state index is -0.964. The number of Topliss-reactive ketones (excluding diaryl/α,β-unsaturated/α-hetero) is 1. The predicted octanol–water partition coefficient (Wildman–Crippen LogP) is 5.81. The maximum absolute atomic E-state index is 13.2. The number of benzene rings is 3. The Morgan fingerprint density at radius 2 is 1.61 bits per heavy atom. The number of aromatic nitrogens is 1. The third-order valence-corrected chi connectivity index (χ3v) is 6.06. The van der Waals surface area contributed by atoms with Gasteiger partial charge in [-0.3, -0.25) is 14.5 Å². The van der Waals surface area contributed by atoms with Crippen LogP contribution in [0.2, 0.25) is 10.0 Å². The molecule has 1 saturated heterocycles. The molecule has 1 unspecified atom stereocenters. The van der Waals surface area contributed by atoms with E-state index in [-0.39, 0.29) is 17.1 Å². The van der Waals surface area contributed by atoms with Crippen LogP contribution in [0, 0.1) is 0 Å². The van der Waals surface area contributed by atoms with E-state index in [0.29, 0.717) is 32.2 Å². The first-order valence-electron chi connectivity index (χ1n) is 9.97. The van der Waals surface area contributed by atoms with Gasteiger partial charge in [-0.1, -0.05) is 53.5 Å². The molecule has 5 rings (SSSR count). The number of fused-ring (bicyclic) bond motifs is 1. The van der Waals surface area contributed by atoms with Crippen LogP contribution in [0.25, 0.3) is 16.7 Å². The Hall–Kier alpha value is -3.74. The molecule has 33 heavy (non-hydrogen) atoms. The monoisotopic (exact) mass is 478 g/mol. The molecule has 0 saturated carbocycles. The van der Waals surface area contributed by atoms with Gasteiger partial charge in [-0.25, -0.2) is 0 Å². The van der Waals surface area contributed by atoms with Crippen LogP contribution in [0.1, 0.15) is 17.2 Å². The quantitative estimate of drug-likeness (QED) is 0.197. The fraction of sp³-hybridized carbons (Fsp3) is 0.0400. The van der Waals surface area contributed by atoms with Crippen LogP contribution in [0.5, 0.6) is 5.75 Å². The highest BCUT2D eigenvalue weighted by atomic mass is 35.5. The lowest BCUT2D eigenvalue weighted by Crippen LogP contribution is -2.29. The second-order valence-corrected chi connectivity index (χ2v) is 8.51. The standard InChI is InChI=1S/C25H16Cl2N2O4/c26-14-9-15(27)11-16(10-14)29-22(13-5-7-17(30)8-6-13)21(24(32)25(29)33)23(31)19-12-28-20-4-2-1-3-18(19)20/h1-12,22,28,30-31H/b23-21-. The minimum Gasteiger partial charge on any atom is -0.508 e. The summed E-state index contributed by atoms with van der Waals surface area (Å²) >= 11 is 12.3. The average Bonchev–Trinajstić information content (AvgIpc) is 3.33. The molecule has 1 atom stereocenters. The molecule has 1 aliphatic heterocycles. The van der Waals surface area contributed by atoms with Gasteiger partial charge < -0.3 is 15.2 Å². The van der Waals surface area contributed by atoms with Crippen molar-refractivity contribution in [1.29, 1.82) is 0 Å². The fourth-order valence-electron chi connectivity index (χ4n) is 4.16. The first-order valence-corrected chi connectivity index (χ1v) is 10.7. The van der Waals surface area contributed by atoms with Crippen molar-refractivity contribution in [2.24, 2.45) is 0 Å². The Bertz CT molecular complexity index is 1440. The van der Waals surface area contributed by atoms with Crippen molar-refractivity contribution < 1.29 is 19.8 Å². The van der Waals surface area contributed by atoms with Crippen LogP contribution in [0.15, 0.2) is 78.5 Å². The number of aliphatic hydroxyl groups is 1. The third-order valence-electron chi connectivity index (χ3n) is 5.62. The highest BCUT2D eigenvalue weighted by Gasteiger charge is 2.47. The topological polar surface area (TPSA) is 93.6 Å². The van der Waals surface area contributed by atoms with Crippen molar-refractivity contribution in [3.8, 4) is 5.75 Å². The number of ketones is 1. The maximum atomic E-state index is 13.2. The minimum absolute atomic E-state index is 0.0260. The highest BCUT2D eigenvalue weighted by molar-refractivity contribution is 6.52. The molecule has 2 heterocycles. The summed E-state index contributed by atoms with van der Waals surface area (Å²) in [5.74, 6) is -1.95. The zero-order valence-corrected chi connectivity index (χ0v) is 18.4. The summed E-state index contributed by atoms with van der Waals surface area (Å²) in [6.45, 7) is 0. The Labute approximate surface area is 198 Å². The summed E-state index contributed by atoms with van der Waals surface area (Å²) in [6.07, 6.45) is 1.59. The summed E-state index contributed by atoms with van der Waals surface area (Å²) < 4.78 is 0. The zero-order valence-electron chi connectivity index (χ0n) is 16.9. The molecular formula is C25H16Cl2N2O4. The van der Waals surface area contributed by atoms with Gasteiger partial charge in [0.05, 0.1) is 11.6 Å². The molecule has 8 heteroatoms. The normalized spacial score (nSPS) is 17.8. The number of anilines is 1. The number of aromatic hydroxyl groups is 1. The number of hydrogen-bond acceptors (Lipinski definition) is 4. The van der Waals surface area contributed by atoms with Crippen molar-refractivity contribution in [1.82, 2.24) is 4.98 Å². The van der Waals surface area contributed by atoms with Gasteiger partial charge in [-0.15, -0.1) is 0 Å². The van der Waals surface area contributed by atoms with Gasteiger partial charge in [0.2, 0.25) is 0 Å². The maximum Gasteiger partial charge on any atom is 0.300 e. The van der Waals surface area contributed by atoms with Crippen molar-refractivity contribution in [2.75, 3.05) is 4.90 Å². The number of carbonyl (C=O) groups excluding carboxylic acids is 2. The lowest BCUT2D eigenvalue weighted by Gasteiger charge is -2.25. The number of rotatable bonds is 3. The largest absolute Gasteiger partial charge is 0.508 e. The molecule has 6 nitrogen and oxygen atoms in total. The number of phenols is 1. The number of phenolic OH excluding ortho intramolecular Hbond substituents is 1. The molecule has 0 bridgehead atoms. The molecule has 1 amide bonds. The van der Waals surface area contributed by atoms with Crippen LogP contribution in [0.4, 0.5) is 5.69 Å². The van der Waals surface area contributed by atoms with Gasteiger partial charge in [-0.05, 0) is 42.0 Å². The lowest BCUT2D eigenvalue weighted by atomic mass is 9.95. The van der Waals surface area contributed by atoms with E-state index in [2.05, 4.69) is 4.98 Å². The zero-order chi connectivity index (χ0) is 23.3. The summed E-state index contributed by atoms with van der Waals surface area (Å²) in [7, 11) is 0. The van der Waals surface area contributed by atoms with E-state index in [4.69, 9.17) is 23.2 Å². The van der Waals surface area contributed by atoms with Gasteiger partial charge in [0.25, 0.3) is 11.7 Å². The molecule has 1 fully saturated rings. The molecule has 0 spiro atoms. The van der Waals surface area contributed by atoms with Crippen LogP contribution in [-0.2, 0) is 9.59 Å². The fourth-order valence-corrected chi connectivity index (χ4v) is 4.68. The molecule has 4 aromatic rings. The second kappa shape index (κ2) is 7.99. The Morgan fingerprint density at radius 3 is 2.30 bits per heavy atom. The number of para-hydroxylation sites is 1. The summed E-state index contributed by atoms with van der Waals surface area (Å²) in [6, 6.07) is 17.0. The average molecular weight is 479 g/mol. The van der Waals surface area contributed by atoms with Gasteiger partial charge >= 0.3 is 0 Å². The molecule has 164 valence electrons. The van der Waals surface area contributed by atoms with E-state index in [9.17, 15) is 19.8 Å². The van der Waals surface area contributed by atoms with Crippen molar-refractivity contribution in [2.45, 2.75) is 6.04 Å². The van der Waals surface area contributed by atoms with Gasteiger partial charge in [0, 0.05) is 38.4 Å². The summed E-state index contributed by atoms with van der Waals surface area (Å²) in [5.41, 5.74) is 1.93. The van der Waals surface area contributed by atoms with Gasteiger partial charge in [0.15, 0.2) is 0 Å². The first-order chi connectivity index (χ1) is 15.8. The third kappa shape index (κ3) is 3.53. The van der Waals surface area contributed by atoms with Crippen LogP contribution in [0.3, 0.4) is 0 Å². The highest BCUT2D eigenvalue weighted by Crippen LogP contribution is 2.44. The Balaban J connectivity index is 1.77. The number of carbonyl (C=O) groups is 2. The first kappa shape index (κ1) is 21.1. The van der Waals surface area contributed by atoms with Crippen LogP contribution in [-0.4, -0.2) is 26.9 Å². The van der Waals surface area contributed by atoms with Crippen LogP contribution < -0.4 is 4.90 Å². The number of nitrogens with one attached hydrogen (secondary N) is 1. The van der Waals surface area contributed by atoms with E-state index >= 15 is 0 Å². The number of amides is 1. The molecule has 3 N–H and O–H groups in total. The Morgan fingerprint density at radius 1 is 0.939 bits per heavy atom. The SMILES string of the molecule is O=C1C(=O)N(c2cc(Cl)cc(Cl)c2)C(c2ccc(O)cc2)/C1=C(/O)c1c[nH]c2ccccc12. The second-order valence-electron chi connectivity index (χ2n) is 7.64. The lowest BCUT2D eigenvalue weighted by molar-refractivity contribution is -0.132. The van der Waals surface area contributed by atoms with E-state index in [1.165, 1.54) is 35.2 Å². The summed E-state index contributed by atoms with van der Waals surface area (Å²) in [4.78, 5) is 30.8. The number of aromatic amines is 1. The van der Waals surface area contributed by atoms with Crippen molar-refractivity contribution in [3.63, 3.8) is 0 Å². The van der Waals surface area contributed by atoms with E-state index in [0.717, 1.165) is 5.52 Å². The Kier molecular flexibility index (Phi) is 5.12. The van der Waals surface area contributed by atoms with Crippen molar-refractivity contribution in [3.05, 3.63) is 99.7 Å². The predicted molar refractivity (Wildman–Crippen MR) is 128 cm³/mol. The number of aliphatic hydroxyl groups excluding tert-OH is 1. The van der Waals surface area contributed by atoms with Crippen molar-refractivity contribution >= 4 is 57.2 Å². The molecular weight excluding hydrogens is 463 g/mol. The number of nitrogens with zero attached hydrogens (tertiary/aromatic N) is 1. The molecule has 1 aliphatic rings.